The summed E-state index contributed by atoms with van der Waals surface area (Å²) in [5.41, 5.74) is 1.67. The van der Waals surface area contributed by atoms with Crippen LogP contribution in [0.4, 0.5) is 0 Å². The molecule has 0 fully saturated rings. The SMILES string of the molecule is Cc1cccc(OCC(O)CNC(=O)CCCNC(=O)c2ccccc2)c1. The zero-order valence-electron chi connectivity index (χ0n) is 15.5. The lowest BCUT2D eigenvalue weighted by molar-refractivity contribution is -0.121. The summed E-state index contributed by atoms with van der Waals surface area (Å²) >= 11 is 0. The number of aliphatic hydroxyl groups is 1. The van der Waals surface area contributed by atoms with E-state index in [0.717, 1.165) is 5.56 Å². The molecule has 0 bridgehead atoms. The molecule has 2 rings (SSSR count). The number of benzene rings is 2. The molecule has 0 aliphatic heterocycles. The number of ether oxygens (including phenoxy) is 1. The van der Waals surface area contributed by atoms with Crippen molar-refractivity contribution in [2.75, 3.05) is 19.7 Å². The van der Waals surface area contributed by atoms with Crippen molar-refractivity contribution in [1.29, 1.82) is 0 Å². The summed E-state index contributed by atoms with van der Waals surface area (Å²) in [7, 11) is 0. The van der Waals surface area contributed by atoms with Crippen LogP contribution in [0.15, 0.2) is 54.6 Å². The number of carbonyl (C=O) groups is 2. The molecule has 1 unspecified atom stereocenters. The Morgan fingerprint density at radius 1 is 1.07 bits per heavy atom. The van der Waals surface area contributed by atoms with E-state index in [1.54, 1.807) is 24.3 Å². The standard InChI is InChI=1S/C21H26N2O4/c1-16-7-5-10-19(13-16)27-15-18(24)14-23-20(25)11-6-12-22-21(26)17-8-3-2-4-9-17/h2-5,7-10,13,18,24H,6,11-12,14-15H2,1H3,(H,22,26)(H,23,25). The second kappa shape index (κ2) is 11.0. The Bertz CT molecular complexity index is 734. The van der Waals surface area contributed by atoms with Gasteiger partial charge < -0.3 is 20.5 Å². The minimum Gasteiger partial charge on any atom is -0.491 e. The Kier molecular flexibility index (Phi) is 8.32. The van der Waals surface area contributed by atoms with E-state index in [-0.39, 0.29) is 31.4 Å². The van der Waals surface area contributed by atoms with Crippen LogP contribution >= 0.6 is 0 Å². The third-order valence-corrected chi connectivity index (χ3v) is 3.87. The molecule has 144 valence electrons. The molecule has 0 aliphatic rings. The van der Waals surface area contributed by atoms with Gasteiger partial charge in [0, 0.05) is 25.1 Å². The number of rotatable bonds is 10. The van der Waals surface area contributed by atoms with Crippen LogP contribution in [0.2, 0.25) is 0 Å². The molecule has 1 atom stereocenters. The van der Waals surface area contributed by atoms with Crippen molar-refractivity contribution >= 4 is 11.8 Å². The Balaban J connectivity index is 1.55. The molecule has 27 heavy (non-hydrogen) atoms. The van der Waals surface area contributed by atoms with Crippen molar-refractivity contribution < 1.29 is 19.4 Å². The lowest BCUT2D eigenvalue weighted by Crippen LogP contribution is -2.35. The van der Waals surface area contributed by atoms with Gasteiger partial charge in [-0.2, -0.15) is 0 Å². The van der Waals surface area contributed by atoms with E-state index in [2.05, 4.69) is 10.6 Å². The van der Waals surface area contributed by atoms with Gasteiger partial charge in [-0.1, -0.05) is 30.3 Å². The third-order valence-electron chi connectivity index (χ3n) is 3.87. The summed E-state index contributed by atoms with van der Waals surface area (Å²) in [5, 5.41) is 15.3. The molecule has 2 aromatic rings. The van der Waals surface area contributed by atoms with Gasteiger partial charge in [0.25, 0.3) is 5.91 Å². The Labute approximate surface area is 159 Å². The van der Waals surface area contributed by atoms with Gasteiger partial charge in [0.05, 0.1) is 0 Å². The molecule has 0 aromatic heterocycles. The Hall–Kier alpha value is -2.86. The van der Waals surface area contributed by atoms with Crippen LogP contribution in [0, 0.1) is 6.92 Å². The molecule has 0 radical (unpaired) electrons. The number of carbonyl (C=O) groups excluding carboxylic acids is 2. The first-order chi connectivity index (χ1) is 13.0. The summed E-state index contributed by atoms with van der Waals surface area (Å²) in [6.45, 7) is 2.61. The van der Waals surface area contributed by atoms with Gasteiger partial charge in [-0.25, -0.2) is 0 Å². The highest BCUT2D eigenvalue weighted by molar-refractivity contribution is 5.94. The minimum absolute atomic E-state index is 0.108. The normalized spacial score (nSPS) is 11.5. The average Bonchev–Trinajstić information content (AvgIpc) is 2.68. The molecule has 2 amide bonds. The minimum atomic E-state index is -0.785. The molecule has 0 spiro atoms. The van der Waals surface area contributed by atoms with Crippen molar-refractivity contribution in [2.45, 2.75) is 25.9 Å². The van der Waals surface area contributed by atoms with Gasteiger partial charge in [0.2, 0.25) is 5.91 Å². The van der Waals surface area contributed by atoms with Crippen LogP contribution in [0.3, 0.4) is 0 Å². The van der Waals surface area contributed by atoms with Crippen molar-refractivity contribution in [3.63, 3.8) is 0 Å². The first-order valence-corrected chi connectivity index (χ1v) is 9.02. The largest absolute Gasteiger partial charge is 0.491 e. The van der Waals surface area contributed by atoms with Crippen molar-refractivity contribution in [3.05, 3.63) is 65.7 Å². The van der Waals surface area contributed by atoms with Gasteiger partial charge in [0.15, 0.2) is 0 Å². The van der Waals surface area contributed by atoms with Gasteiger partial charge in [-0.15, -0.1) is 0 Å². The number of hydrogen-bond donors (Lipinski definition) is 3. The Morgan fingerprint density at radius 3 is 2.59 bits per heavy atom. The molecule has 0 saturated carbocycles. The summed E-state index contributed by atoms with van der Waals surface area (Å²) in [5.74, 6) is 0.368. The van der Waals surface area contributed by atoms with E-state index in [4.69, 9.17) is 4.74 Å². The number of aryl methyl sites for hydroxylation is 1. The van der Waals surface area contributed by atoms with E-state index in [1.807, 2.05) is 37.3 Å². The van der Waals surface area contributed by atoms with Crippen molar-refractivity contribution in [1.82, 2.24) is 10.6 Å². The maximum atomic E-state index is 11.9. The van der Waals surface area contributed by atoms with Gasteiger partial charge in [0.1, 0.15) is 18.5 Å². The molecule has 2 aromatic carbocycles. The summed E-state index contributed by atoms with van der Waals surface area (Å²) in [6, 6.07) is 16.5. The number of amides is 2. The highest BCUT2D eigenvalue weighted by atomic mass is 16.5. The van der Waals surface area contributed by atoms with Crippen LogP contribution in [0.25, 0.3) is 0 Å². The summed E-state index contributed by atoms with van der Waals surface area (Å²) in [4.78, 5) is 23.7. The van der Waals surface area contributed by atoms with Crippen LogP contribution < -0.4 is 15.4 Å². The smallest absolute Gasteiger partial charge is 0.251 e. The first kappa shape index (κ1) is 20.5. The zero-order chi connectivity index (χ0) is 19.5. The van der Waals surface area contributed by atoms with E-state index >= 15 is 0 Å². The zero-order valence-corrected chi connectivity index (χ0v) is 15.5. The first-order valence-electron chi connectivity index (χ1n) is 9.02. The van der Waals surface area contributed by atoms with Crippen LogP contribution in [0.1, 0.15) is 28.8 Å². The average molecular weight is 370 g/mol. The van der Waals surface area contributed by atoms with Gasteiger partial charge in [-0.3, -0.25) is 9.59 Å². The van der Waals surface area contributed by atoms with Gasteiger partial charge >= 0.3 is 0 Å². The predicted octanol–water partition coefficient (Wildman–Crippen LogP) is 2.06. The van der Waals surface area contributed by atoms with Crippen LogP contribution in [0.5, 0.6) is 5.75 Å². The quantitative estimate of drug-likeness (QED) is 0.559. The third kappa shape index (κ3) is 7.92. The van der Waals surface area contributed by atoms with E-state index in [1.165, 1.54) is 0 Å². The number of aliphatic hydroxyl groups excluding tert-OH is 1. The fourth-order valence-corrected chi connectivity index (χ4v) is 2.42. The van der Waals surface area contributed by atoms with Crippen LogP contribution in [-0.2, 0) is 4.79 Å². The molecular formula is C21H26N2O4. The second-order valence-corrected chi connectivity index (χ2v) is 6.31. The maximum Gasteiger partial charge on any atom is 0.251 e. The molecule has 3 N–H and O–H groups in total. The Morgan fingerprint density at radius 2 is 1.85 bits per heavy atom. The fourth-order valence-electron chi connectivity index (χ4n) is 2.42. The molecule has 0 saturated heterocycles. The highest BCUT2D eigenvalue weighted by Gasteiger charge is 2.09. The number of hydrogen-bond acceptors (Lipinski definition) is 4. The van der Waals surface area contributed by atoms with E-state index < -0.39 is 6.10 Å². The summed E-state index contributed by atoms with van der Waals surface area (Å²) < 4.78 is 5.50. The van der Waals surface area contributed by atoms with Crippen LogP contribution in [-0.4, -0.2) is 42.7 Å². The molecular weight excluding hydrogens is 344 g/mol. The van der Waals surface area contributed by atoms with Crippen molar-refractivity contribution in [2.24, 2.45) is 0 Å². The van der Waals surface area contributed by atoms with E-state index in [0.29, 0.717) is 24.3 Å². The van der Waals surface area contributed by atoms with Gasteiger partial charge in [-0.05, 0) is 43.2 Å². The number of nitrogens with one attached hydrogen (secondary N) is 2. The fraction of sp³-hybridized carbons (Fsp3) is 0.333. The monoisotopic (exact) mass is 370 g/mol. The van der Waals surface area contributed by atoms with Crippen molar-refractivity contribution in [3.8, 4) is 5.75 Å². The molecule has 6 nitrogen and oxygen atoms in total. The molecule has 0 aliphatic carbocycles. The molecule has 6 heteroatoms. The molecule has 0 heterocycles. The van der Waals surface area contributed by atoms with E-state index in [9.17, 15) is 14.7 Å². The lowest BCUT2D eigenvalue weighted by atomic mass is 10.2. The topological polar surface area (TPSA) is 87.7 Å². The lowest BCUT2D eigenvalue weighted by Gasteiger charge is -2.13. The second-order valence-electron chi connectivity index (χ2n) is 6.31. The highest BCUT2D eigenvalue weighted by Crippen LogP contribution is 2.12. The summed E-state index contributed by atoms with van der Waals surface area (Å²) in [6.07, 6.45) is 0.0214. The predicted molar refractivity (Wildman–Crippen MR) is 104 cm³/mol. The maximum absolute atomic E-state index is 11.9.